The lowest BCUT2D eigenvalue weighted by molar-refractivity contribution is 0.777. The van der Waals surface area contributed by atoms with Gasteiger partial charge >= 0.3 is 0 Å². The van der Waals surface area contributed by atoms with Gasteiger partial charge in [-0.3, -0.25) is 0 Å². The second kappa shape index (κ2) is 5.55. The average molecular weight is 325 g/mol. The largest absolute Gasteiger partial charge is 0.320 e. The standard InChI is InChI=1S/C4H9I2N/c1-7-3-2-4(5)6/h4,7H,2-3H2,1H3. The molecule has 0 aliphatic carbocycles. The van der Waals surface area contributed by atoms with Crippen molar-refractivity contribution in [1.82, 2.24) is 5.32 Å². The van der Waals surface area contributed by atoms with E-state index in [1.54, 1.807) is 0 Å². The van der Waals surface area contributed by atoms with Crippen molar-refractivity contribution in [1.29, 1.82) is 0 Å². The molecule has 44 valence electrons. The molecule has 0 heterocycles. The van der Waals surface area contributed by atoms with Crippen LogP contribution in [0.25, 0.3) is 0 Å². The lowest BCUT2D eigenvalue weighted by atomic mass is 10.5. The van der Waals surface area contributed by atoms with Gasteiger partial charge in [-0.1, -0.05) is 45.2 Å². The summed E-state index contributed by atoms with van der Waals surface area (Å²) in [5.41, 5.74) is 0. The van der Waals surface area contributed by atoms with E-state index in [0.29, 0.717) is 0 Å². The van der Waals surface area contributed by atoms with E-state index in [1.165, 1.54) is 6.42 Å². The Bertz CT molecular complexity index is 38.7. The van der Waals surface area contributed by atoms with Gasteiger partial charge in [0.15, 0.2) is 0 Å². The molecule has 3 heteroatoms. The SMILES string of the molecule is CNCCC(I)I. The Morgan fingerprint density at radius 3 is 2.29 bits per heavy atom. The molecule has 0 amide bonds. The first-order chi connectivity index (χ1) is 3.27. The van der Waals surface area contributed by atoms with Crippen LogP contribution in [0.3, 0.4) is 0 Å². The molecule has 1 nitrogen and oxygen atoms in total. The molecule has 0 aromatic heterocycles. The van der Waals surface area contributed by atoms with Crippen molar-refractivity contribution in [3.63, 3.8) is 0 Å². The molecule has 0 unspecified atom stereocenters. The third-order valence-electron chi connectivity index (χ3n) is 0.613. The van der Waals surface area contributed by atoms with E-state index in [2.05, 4.69) is 50.5 Å². The van der Waals surface area contributed by atoms with Gasteiger partial charge in [0.2, 0.25) is 0 Å². The van der Waals surface area contributed by atoms with Crippen LogP contribution in [0.2, 0.25) is 0 Å². The van der Waals surface area contributed by atoms with Crippen LogP contribution in [0.5, 0.6) is 0 Å². The predicted molar refractivity (Wildman–Crippen MR) is 50.4 cm³/mol. The molecule has 0 aromatic rings. The van der Waals surface area contributed by atoms with Gasteiger partial charge in [0.25, 0.3) is 0 Å². The first-order valence-electron chi connectivity index (χ1n) is 2.20. The second-order valence-corrected chi connectivity index (χ2v) is 6.67. The first-order valence-corrected chi connectivity index (χ1v) is 4.69. The summed E-state index contributed by atoms with van der Waals surface area (Å²) in [7, 11) is 1.98. The molecule has 0 aromatic carbocycles. The van der Waals surface area contributed by atoms with Crippen molar-refractivity contribution >= 4 is 45.2 Å². The van der Waals surface area contributed by atoms with Gasteiger partial charge in [-0.05, 0) is 20.0 Å². The highest BCUT2D eigenvalue weighted by atomic mass is 127. The maximum Gasteiger partial charge on any atom is 0.0638 e. The molecular formula is C4H9I2N. The Morgan fingerprint density at radius 2 is 2.14 bits per heavy atom. The lowest BCUT2D eigenvalue weighted by Gasteiger charge is -1.97. The smallest absolute Gasteiger partial charge is 0.0638 e. The summed E-state index contributed by atoms with van der Waals surface area (Å²) in [5.74, 6) is 0. The molecule has 0 saturated carbocycles. The van der Waals surface area contributed by atoms with Crippen LogP contribution >= 0.6 is 45.2 Å². The molecule has 0 fully saturated rings. The normalized spacial score (nSPS) is 10.3. The van der Waals surface area contributed by atoms with E-state index in [0.717, 1.165) is 8.48 Å². The van der Waals surface area contributed by atoms with Crippen molar-refractivity contribution in [3.05, 3.63) is 0 Å². The van der Waals surface area contributed by atoms with Gasteiger partial charge in [0.05, 0.1) is 1.93 Å². The van der Waals surface area contributed by atoms with Gasteiger partial charge in [0, 0.05) is 0 Å². The predicted octanol–water partition coefficient (Wildman–Crippen LogP) is 1.79. The summed E-state index contributed by atoms with van der Waals surface area (Å²) >= 11 is 4.82. The third kappa shape index (κ3) is 7.42. The minimum absolute atomic E-state index is 0.780. The molecule has 0 bridgehead atoms. The molecule has 0 aliphatic rings. The van der Waals surface area contributed by atoms with E-state index in [-0.39, 0.29) is 0 Å². The van der Waals surface area contributed by atoms with Crippen LogP contribution < -0.4 is 5.32 Å². The van der Waals surface area contributed by atoms with E-state index < -0.39 is 0 Å². The summed E-state index contributed by atoms with van der Waals surface area (Å²) in [6, 6.07) is 0. The zero-order chi connectivity index (χ0) is 5.70. The zero-order valence-corrected chi connectivity index (χ0v) is 8.56. The maximum absolute atomic E-state index is 3.09. The quantitative estimate of drug-likeness (QED) is 0.616. The van der Waals surface area contributed by atoms with Crippen molar-refractivity contribution in [2.45, 2.75) is 8.35 Å². The van der Waals surface area contributed by atoms with Crippen molar-refractivity contribution in [2.75, 3.05) is 13.6 Å². The summed E-state index contributed by atoms with van der Waals surface area (Å²) < 4.78 is 0.780. The first kappa shape index (κ1) is 8.42. The number of nitrogens with one attached hydrogen (secondary N) is 1. The average Bonchev–Trinajstić information content (AvgIpc) is 1.61. The number of alkyl halides is 2. The molecule has 0 rings (SSSR count). The maximum atomic E-state index is 3.09. The fourth-order valence-corrected chi connectivity index (χ4v) is 0.876. The molecule has 0 spiro atoms. The molecule has 0 saturated heterocycles. The van der Waals surface area contributed by atoms with Gasteiger partial charge in [-0.15, -0.1) is 0 Å². The highest BCUT2D eigenvalue weighted by Crippen LogP contribution is 2.12. The summed E-state index contributed by atoms with van der Waals surface area (Å²) in [5, 5.41) is 3.09. The number of hydrogen-bond acceptors (Lipinski definition) is 1. The minimum Gasteiger partial charge on any atom is -0.320 e. The Morgan fingerprint density at radius 1 is 1.57 bits per heavy atom. The van der Waals surface area contributed by atoms with E-state index in [1.807, 2.05) is 7.05 Å². The van der Waals surface area contributed by atoms with Crippen molar-refractivity contribution < 1.29 is 0 Å². The van der Waals surface area contributed by atoms with Crippen LogP contribution in [-0.4, -0.2) is 15.5 Å². The molecule has 0 atom stereocenters. The Hall–Kier alpha value is 1.42. The zero-order valence-electron chi connectivity index (χ0n) is 4.25. The molecule has 7 heavy (non-hydrogen) atoms. The lowest BCUT2D eigenvalue weighted by Crippen LogP contribution is -2.09. The second-order valence-electron chi connectivity index (χ2n) is 1.28. The van der Waals surface area contributed by atoms with Crippen LogP contribution in [-0.2, 0) is 0 Å². The summed E-state index contributed by atoms with van der Waals surface area (Å²) in [6.07, 6.45) is 1.26. The Labute approximate surface area is 71.9 Å². The monoisotopic (exact) mass is 325 g/mol. The minimum atomic E-state index is 0.780. The molecule has 1 N–H and O–H groups in total. The van der Waals surface area contributed by atoms with Crippen LogP contribution in [0.1, 0.15) is 6.42 Å². The van der Waals surface area contributed by atoms with Gasteiger partial charge in [-0.25, -0.2) is 0 Å². The fraction of sp³-hybridized carbons (Fsp3) is 1.00. The highest BCUT2D eigenvalue weighted by Gasteiger charge is 1.92. The number of hydrogen-bond donors (Lipinski definition) is 1. The van der Waals surface area contributed by atoms with E-state index >= 15 is 0 Å². The number of rotatable bonds is 3. The van der Waals surface area contributed by atoms with E-state index in [9.17, 15) is 0 Å². The number of halogens is 2. The van der Waals surface area contributed by atoms with Gasteiger partial charge < -0.3 is 5.32 Å². The highest BCUT2D eigenvalue weighted by molar-refractivity contribution is 14.2. The van der Waals surface area contributed by atoms with Crippen LogP contribution in [0, 0.1) is 0 Å². The van der Waals surface area contributed by atoms with Gasteiger partial charge in [-0.2, -0.15) is 0 Å². The molecular weight excluding hydrogens is 316 g/mol. The Balaban J connectivity index is 2.68. The van der Waals surface area contributed by atoms with Crippen molar-refractivity contribution in [2.24, 2.45) is 0 Å². The third-order valence-corrected chi connectivity index (χ3v) is 1.86. The topological polar surface area (TPSA) is 12.0 Å². The summed E-state index contributed by atoms with van der Waals surface area (Å²) in [6.45, 7) is 1.14. The van der Waals surface area contributed by atoms with E-state index in [4.69, 9.17) is 0 Å². The fourth-order valence-electron chi connectivity index (χ4n) is 0.253. The van der Waals surface area contributed by atoms with Crippen molar-refractivity contribution in [3.8, 4) is 0 Å². The van der Waals surface area contributed by atoms with Crippen LogP contribution in [0.4, 0.5) is 0 Å². The molecule has 0 aliphatic heterocycles. The Kier molecular flexibility index (Phi) is 6.68. The summed E-state index contributed by atoms with van der Waals surface area (Å²) in [4.78, 5) is 0. The van der Waals surface area contributed by atoms with Crippen LogP contribution in [0.15, 0.2) is 0 Å². The molecule has 0 radical (unpaired) electrons. The van der Waals surface area contributed by atoms with Gasteiger partial charge in [0.1, 0.15) is 0 Å².